The molecule has 2 aromatic heterocycles. The van der Waals surface area contributed by atoms with Crippen molar-refractivity contribution >= 4 is 23.3 Å². The summed E-state index contributed by atoms with van der Waals surface area (Å²) in [6, 6.07) is 9.76. The van der Waals surface area contributed by atoms with Gasteiger partial charge in [0.1, 0.15) is 6.61 Å². The van der Waals surface area contributed by atoms with Gasteiger partial charge in [-0.25, -0.2) is 14.5 Å². The van der Waals surface area contributed by atoms with Crippen LogP contribution in [0.5, 0.6) is 0 Å². The molecule has 0 saturated heterocycles. The van der Waals surface area contributed by atoms with Crippen LogP contribution in [0.25, 0.3) is 5.69 Å². The summed E-state index contributed by atoms with van der Waals surface area (Å²) in [5.74, 6) is -0.788. The third kappa shape index (κ3) is 5.24. The highest BCUT2D eigenvalue weighted by Gasteiger charge is 2.13. The second-order valence-corrected chi connectivity index (χ2v) is 6.51. The molecular weight excluding hydrogens is 366 g/mol. The molecule has 2 heterocycles. The second-order valence-electron chi connectivity index (χ2n) is 5.65. The minimum atomic E-state index is -0.462. The van der Waals surface area contributed by atoms with Gasteiger partial charge in [0.05, 0.1) is 24.2 Å². The molecule has 3 rings (SSSR count). The minimum absolute atomic E-state index is 0.0397. The Kier molecular flexibility index (Phi) is 6.32. The highest BCUT2D eigenvalue weighted by atomic mass is 32.1. The maximum absolute atomic E-state index is 11.9. The predicted molar refractivity (Wildman–Crippen MR) is 99.8 cm³/mol. The van der Waals surface area contributed by atoms with Gasteiger partial charge in [0.2, 0.25) is 5.01 Å². The van der Waals surface area contributed by atoms with E-state index in [1.165, 1.54) is 11.3 Å². The van der Waals surface area contributed by atoms with Crippen LogP contribution in [-0.4, -0.2) is 33.3 Å². The third-order valence-corrected chi connectivity index (χ3v) is 4.53. The molecule has 0 bridgehead atoms. The first-order valence-electron chi connectivity index (χ1n) is 8.52. The van der Waals surface area contributed by atoms with E-state index in [1.807, 2.05) is 36.5 Å². The van der Waals surface area contributed by atoms with Gasteiger partial charge in [-0.2, -0.15) is 5.10 Å². The molecule has 0 atom stereocenters. The molecule has 1 aromatic carbocycles. The molecule has 0 aliphatic rings. The highest BCUT2D eigenvalue weighted by Crippen LogP contribution is 2.13. The van der Waals surface area contributed by atoms with Gasteiger partial charge in [-0.05, 0) is 31.0 Å². The lowest BCUT2D eigenvalue weighted by molar-refractivity contribution is -0.145. The first-order valence-corrected chi connectivity index (χ1v) is 9.40. The van der Waals surface area contributed by atoms with Crippen LogP contribution in [0.15, 0.2) is 48.1 Å². The number of hydrogen-bond acceptors (Lipinski definition) is 7. The largest absolute Gasteiger partial charge is 0.461 e. The zero-order chi connectivity index (χ0) is 19.1. The van der Waals surface area contributed by atoms with Crippen LogP contribution in [-0.2, 0) is 27.3 Å². The van der Waals surface area contributed by atoms with Crippen LogP contribution in [0, 0.1) is 0 Å². The van der Waals surface area contributed by atoms with Gasteiger partial charge in [-0.1, -0.05) is 18.2 Å². The van der Waals surface area contributed by atoms with Gasteiger partial charge >= 0.3 is 11.9 Å². The molecule has 3 aromatic rings. The van der Waals surface area contributed by atoms with Gasteiger partial charge < -0.3 is 9.47 Å². The number of ether oxygens (including phenoxy) is 2. The van der Waals surface area contributed by atoms with E-state index < -0.39 is 5.97 Å². The number of carbonyl (C=O) groups excluding carboxylic acids is 2. The molecule has 0 radical (unpaired) electrons. The molecule has 0 amide bonds. The molecule has 0 aliphatic heterocycles. The number of para-hydroxylation sites is 1. The number of carbonyl (C=O) groups is 2. The van der Waals surface area contributed by atoms with Gasteiger partial charge in [0, 0.05) is 18.0 Å². The Morgan fingerprint density at radius 3 is 2.78 bits per heavy atom. The molecule has 0 unspecified atom stereocenters. The summed E-state index contributed by atoms with van der Waals surface area (Å²) in [6.45, 7) is 2.07. The molecule has 8 heteroatoms. The van der Waals surface area contributed by atoms with Crippen molar-refractivity contribution in [1.82, 2.24) is 14.8 Å². The number of rotatable bonds is 8. The topological polar surface area (TPSA) is 83.3 Å². The normalized spacial score (nSPS) is 10.6. The fraction of sp³-hybridized carbons (Fsp3) is 0.263. The van der Waals surface area contributed by atoms with Gasteiger partial charge in [0.15, 0.2) is 0 Å². The summed E-state index contributed by atoms with van der Waals surface area (Å²) in [7, 11) is 0. The molecule has 0 N–H and O–H groups in total. The van der Waals surface area contributed by atoms with E-state index in [0.29, 0.717) is 18.7 Å². The SMILES string of the molecule is CCOC(=O)c1nc(COC(=O)CCc2cnn(-c3ccccc3)c2)cs1. The first kappa shape index (κ1) is 18.8. The molecule has 27 heavy (non-hydrogen) atoms. The van der Waals surface area contributed by atoms with E-state index in [0.717, 1.165) is 11.3 Å². The lowest BCUT2D eigenvalue weighted by Crippen LogP contribution is -2.07. The zero-order valence-electron chi connectivity index (χ0n) is 14.8. The molecule has 0 spiro atoms. The van der Waals surface area contributed by atoms with Gasteiger partial charge in [-0.15, -0.1) is 11.3 Å². The van der Waals surface area contributed by atoms with Crippen molar-refractivity contribution in [2.24, 2.45) is 0 Å². The summed E-state index contributed by atoms with van der Waals surface area (Å²) in [5, 5.41) is 6.25. The highest BCUT2D eigenvalue weighted by molar-refractivity contribution is 7.11. The maximum Gasteiger partial charge on any atom is 0.367 e. The molecule has 0 aliphatic carbocycles. The standard InChI is InChI=1S/C19H19N3O4S/c1-2-25-19(24)18-21-15(13-27-18)12-26-17(23)9-8-14-10-20-22(11-14)16-6-4-3-5-7-16/h3-7,10-11,13H,2,8-9,12H2,1H3. The Labute approximate surface area is 160 Å². The van der Waals surface area contributed by atoms with E-state index in [1.54, 1.807) is 23.2 Å². The third-order valence-electron chi connectivity index (χ3n) is 3.66. The quantitative estimate of drug-likeness (QED) is 0.554. The van der Waals surface area contributed by atoms with Crippen molar-refractivity contribution in [2.75, 3.05) is 6.61 Å². The molecule has 0 saturated carbocycles. The van der Waals surface area contributed by atoms with E-state index in [4.69, 9.17) is 9.47 Å². The van der Waals surface area contributed by atoms with Crippen molar-refractivity contribution in [3.63, 3.8) is 0 Å². The lowest BCUT2D eigenvalue weighted by Gasteiger charge is -2.02. The molecule has 7 nitrogen and oxygen atoms in total. The number of aromatic nitrogens is 3. The smallest absolute Gasteiger partial charge is 0.367 e. The second kappa shape index (κ2) is 9.09. The Hall–Kier alpha value is -3.00. The van der Waals surface area contributed by atoms with Crippen molar-refractivity contribution in [1.29, 1.82) is 0 Å². The number of benzene rings is 1. The lowest BCUT2D eigenvalue weighted by atomic mass is 10.2. The fourth-order valence-electron chi connectivity index (χ4n) is 2.34. The van der Waals surface area contributed by atoms with E-state index in [-0.39, 0.29) is 24.0 Å². The zero-order valence-corrected chi connectivity index (χ0v) is 15.6. The Balaban J connectivity index is 1.45. The van der Waals surface area contributed by atoms with Crippen molar-refractivity contribution in [3.05, 3.63) is 64.4 Å². The van der Waals surface area contributed by atoms with Crippen LogP contribution < -0.4 is 0 Å². The van der Waals surface area contributed by atoms with Crippen molar-refractivity contribution < 1.29 is 19.1 Å². The summed E-state index contributed by atoms with van der Waals surface area (Å²) < 4.78 is 11.9. The minimum Gasteiger partial charge on any atom is -0.461 e. The van der Waals surface area contributed by atoms with Gasteiger partial charge in [0.25, 0.3) is 0 Å². The Bertz CT molecular complexity index is 905. The maximum atomic E-state index is 11.9. The molecule has 140 valence electrons. The van der Waals surface area contributed by atoms with Crippen LogP contribution in [0.1, 0.15) is 34.4 Å². The first-order chi connectivity index (χ1) is 13.2. The van der Waals surface area contributed by atoms with Gasteiger partial charge in [-0.3, -0.25) is 4.79 Å². The number of esters is 2. The van der Waals surface area contributed by atoms with Crippen molar-refractivity contribution in [2.45, 2.75) is 26.4 Å². The summed E-state index contributed by atoms with van der Waals surface area (Å²) >= 11 is 1.17. The number of nitrogens with zero attached hydrogens (tertiary/aromatic N) is 3. The number of hydrogen-bond donors (Lipinski definition) is 0. The number of thiazole rings is 1. The van der Waals surface area contributed by atoms with E-state index >= 15 is 0 Å². The van der Waals surface area contributed by atoms with Crippen LogP contribution >= 0.6 is 11.3 Å². The Morgan fingerprint density at radius 2 is 2.00 bits per heavy atom. The predicted octanol–water partition coefficient (Wildman–Crippen LogP) is 3.18. The average molecular weight is 385 g/mol. The van der Waals surface area contributed by atoms with E-state index in [2.05, 4.69) is 10.1 Å². The number of aryl methyl sites for hydroxylation is 1. The fourth-order valence-corrected chi connectivity index (χ4v) is 3.04. The molecular formula is C19H19N3O4S. The summed E-state index contributed by atoms with van der Waals surface area (Å²) in [4.78, 5) is 27.6. The van der Waals surface area contributed by atoms with Crippen LogP contribution in [0.4, 0.5) is 0 Å². The van der Waals surface area contributed by atoms with Crippen LogP contribution in [0.3, 0.4) is 0 Å². The Morgan fingerprint density at radius 1 is 1.19 bits per heavy atom. The monoisotopic (exact) mass is 385 g/mol. The average Bonchev–Trinajstić information content (AvgIpc) is 3.35. The molecule has 0 fully saturated rings. The van der Waals surface area contributed by atoms with Crippen LogP contribution in [0.2, 0.25) is 0 Å². The summed E-state index contributed by atoms with van der Waals surface area (Å²) in [6.07, 6.45) is 4.42. The van der Waals surface area contributed by atoms with E-state index in [9.17, 15) is 9.59 Å². The van der Waals surface area contributed by atoms with Crippen molar-refractivity contribution in [3.8, 4) is 5.69 Å². The summed E-state index contributed by atoms with van der Waals surface area (Å²) in [5.41, 5.74) is 2.45.